The Morgan fingerprint density at radius 2 is 1.82 bits per heavy atom. The van der Waals surface area contributed by atoms with Gasteiger partial charge in [-0.2, -0.15) is 4.39 Å². The van der Waals surface area contributed by atoms with Gasteiger partial charge in [-0.15, -0.1) is 0 Å². The Morgan fingerprint density at radius 3 is 2.36 bits per heavy atom. The summed E-state index contributed by atoms with van der Waals surface area (Å²) in [4.78, 5) is 3.07. The van der Waals surface area contributed by atoms with E-state index in [2.05, 4.69) is 4.94 Å². The van der Waals surface area contributed by atoms with Crippen LogP contribution < -0.4 is 4.94 Å². The molecule has 1 nitrogen and oxygen atoms in total. The second-order valence-corrected chi connectivity index (χ2v) is 2.09. The lowest BCUT2D eigenvalue weighted by Gasteiger charge is -1.99. The van der Waals surface area contributed by atoms with E-state index < -0.39 is 17.4 Å². The highest BCUT2D eigenvalue weighted by Crippen LogP contribution is 2.21. The van der Waals surface area contributed by atoms with Crippen LogP contribution in [0.1, 0.15) is 5.56 Å². The molecule has 1 rings (SSSR count). The van der Waals surface area contributed by atoms with Crippen molar-refractivity contribution in [3.05, 3.63) is 29.3 Å². The Hall–Kier alpha value is -1.19. The SMILES string of the molecule is Cc1ccc(OF)c(F)c1F. The Morgan fingerprint density at radius 1 is 1.18 bits per heavy atom. The molecule has 0 fully saturated rings. The molecule has 1 aromatic rings. The topological polar surface area (TPSA) is 9.23 Å². The van der Waals surface area contributed by atoms with E-state index in [1.54, 1.807) is 0 Å². The Kier molecular flexibility index (Phi) is 2.03. The number of halogens is 3. The van der Waals surface area contributed by atoms with Crippen molar-refractivity contribution in [2.24, 2.45) is 0 Å². The third-order valence-corrected chi connectivity index (χ3v) is 1.32. The summed E-state index contributed by atoms with van der Waals surface area (Å²) in [5.41, 5.74) is 0.114. The van der Waals surface area contributed by atoms with Gasteiger partial charge in [-0.05, 0) is 18.6 Å². The van der Waals surface area contributed by atoms with Gasteiger partial charge in [0.15, 0.2) is 5.82 Å². The smallest absolute Gasteiger partial charge is 0.210 e. The quantitative estimate of drug-likeness (QED) is 0.616. The third-order valence-electron chi connectivity index (χ3n) is 1.32. The van der Waals surface area contributed by atoms with Crippen molar-refractivity contribution >= 4 is 0 Å². The number of hydrogen-bond acceptors (Lipinski definition) is 1. The van der Waals surface area contributed by atoms with Gasteiger partial charge in [-0.25, -0.2) is 4.39 Å². The molecule has 0 aliphatic rings. The molecule has 0 N–H and O–H groups in total. The molecule has 0 radical (unpaired) electrons. The second-order valence-electron chi connectivity index (χ2n) is 2.09. The highest BCUT2D eigenvalue weighted by atomic mass is 19.3. The van der Waals surface area contributed by atoms with Crippen molar-refractivity contribution in [2.75, 3.05) is 0 Å². The van der Waals surface area contributed by atoms with E-state index >= 15 is 0 Å². The molecule has 0 heterocycles. The molecule has 0 spiro atoms. The number of benzene rings is 1. The zero-order valence-electron chi connectivity index (χ0n) is 5.70. The van der Waals surface area contributed by atoms with Gasteiger partial charge in [0.1, 0.15) is 0 Å². The van der Waals surface area contributed by atoms with Gasteiger partial charge in [0, 0.05) is 4.53 Å². The van der Waals surface area contributed by atoms with Crippen molar-refractivity contribution in [1.82, 2.24) is 0 Å². The maximum Gasteiger partial charge on any atom is 0.210 e. The van der Waals surface area contributed by atoms with Gasteiger partial charge >= 0.3 is 0 Å². The minimum atomic E-state index is -1.30. The van der Waals surface area contributed by atoms with Crippen molar-refractivity contribution in [3.8, 4) is 5.75 Å². The molecule has 0 unspecified atom stereocenters. The molecule has 0 aliphatic heterocycles. The van der Waals surface area contributed by atoms with Crippen LogP contribution in [0.4, 0.5) is 13.3 Å². The highest BCUT2D eigenvalue weighted by Gasteiger charge is 2.11. The van der Waals surface area contributed by atoms with E-state index in [4.69, 9.17) is 0 Å². The molecule has 0 saturated heterocycles. The third kappa shape index (κ3) is 1.29. The maximum absolute atomic E-state index is 12.6. The molecule has 1 aromatic carbocycles. The fraction of sp³-hybridized carbons (Fsp3) is 0.143. The molecule has 0 bridgehead atoms. The van der Waals surface area contributed by atoms with Gasteiger partial charge < -0.3 is 0 Å². The van der Waals surface area contributed by atoms with Crippen LogP contribution in [0.3, 0.4) is 0 Å². The first kappa shape index (κ1) is 7.91. The van der Waals surface area contributed by atoms with Crippen LogP contribution in [0.15, 0.2) is 12.1 Å². The summed E-state index contributed by atoms with van der Waals surface area (Å²) < 4.78 is 36.5. The molecule has 0 atom stereocenters. The van der Waals surface area contributed by atoms with E-state index in [0.717, 1.165) is 6.07 Å². The van der Waals surface area contributed by atoms with Gasteiger partial charge in [0.2, 0.25) is 11.6 Å². The fourth-order valence-corrected chi connectivity index (χ4v) is 0.688. The van der Waals surface area contributed by atoms with Crippen LogP contribution in [-0.2, 0) is 0 Å². The van der Waals surface area contributed by atoms with Crippen LogP contribution in [0.2, 0.25) is 0 Å². The monoisotopic (exact) mass is 162 g/mol. The first-order valence-corrected chi connectivity index (χ1v) is 2.90. The molecule has 0 saturated carbocycles. The summed E-state index contributed by atoms with van der Waals surface area (Å²) in [5.74, 6) is -3.11. The van der Waals surface area contributed by atoms with Crippen LogP contribution >= 0.6 is 0 Å². The van der Waals surface area contributed by atoms with Crippen molar-refractivity contribution in [3.63, 3.8) is 0 Å². The van der Waals surface area contributed by atoms with E-state index in [-0.39, 0.29) is 5.56 Å². The molecule has 4 heteroatoms. The first-order chi connectivity index (χ1) is 5.16. The Balaban J connectivity index is 3.25. The van der Waals surface area contributed by atoms with E-state index in [0.29, 0.717) is 0 Å². The molecule has 0 amide bonds. The Labute approximate surface area is 61.3 Å². The molecular formula is C7H5F3O. The highest BCUT2D eigenvalue weighted by molar-refractivity contribution is 5.29. The normalized spacial score (nSPS) is 9.82. The van der Waals surface area contributed by atoms with Crippen LogP contribution in [-0.4, -0.2) is 0 Å². The summed E-state index contributed by atoms with van der Waals surface area (Å²) >= 11 is 0. The molecule has 11 heavy (non-hydrogen) atoms. The maximum atomic E-state index is 12.6. The lowest BCUT2D eigenvalue weighted by Crippen LogP contribution is -1.91. The van der Waals surface area contributed by atoms with E-state index in [1.807, 2.05) is 0 Å². The Bertz CT molecular complexity index is 273. The van der Waals surface area contributed by atoms with Gasteiger partial charge in [-0.3, -0.25) is 4.94 Å². The van der Waals surface area contributed by atoms with Crippen molar-refractivity contribution in [1.29, 1.82) is 0 Å². The number of aryl methyl sites for hydroxylation is 1. The van der Waals surface area contributed by atoms with Gasteiger partial charge in [0.05, 0.1) is 0 Å². The summed E-state index contributed by atoms with van der Waals surface area (Å²) in [7, 11) is 0. The zero-order valence-corrected chi connectivity index (χ0v) is 5.70. The minimum Gasteiger partial charge on any atom is -0.291 e. The zero-order chi connectivity index (χ0) is 8.43. The largest absolute Gasteiger partial charge is 0.291 e. The molecule has 0 aromatic heterocycles. The summed E-state index contributed by atoms with van der Waals surface area (Å²) in [6.07, 6.45) is 0. The second kappa shape index (κ2) is 2.82. The van der Waals surface area contributed by atoms with E-state index in [9.17, 15) is 13.3 Å². The first-order valence-electron chi connectivity index (χ1n) is 2.90. The van der Waals surface area contributed by atoms with Crippen molar-refractivity contribution in [2.45, 2.75) is 6.92 Å². The fourth-order valence-electron chi connectivity index (χ4n) is 0.688. The molecule has 0 aliphatic carbocycles. The average Bonchev–Trinajstić information content (AvgIpc) is 2.01. The molecular weight excluding hydrogens is 157 g/mol. The van der Waals surface area contributed by atoms with Gasteiger partial charge in [0.25, 0.3) is 0 Å². The lowest BCUT2D eigenvalue weighted by molar-refractivity contribution is -0.0114. The van der Waals surface area contributed by atoms with Gasteiger partial charge in [-0.1, -0.05) is 6.07 Å². The van der Waals surface area contributed by atoms with E-state index in [1.165, 1.54) is 13.0 Å². The molecule has 60 valence electrons. The predicted molar refractivity (Wildman–Crippen MR) is 32.8 cm³/mol. The standard InChI is InChI=1S/C7H5F3O/c1-4-2-3-5(11-10)7(9)6(4)8/h2-3H,1H3. The number of rotatable bonds is 1. The van der Waals surface area contributed by atoms with Crippen LogP contribution in [0, 0.1) is 18.6 Å². The van der Waals surface area contributed by atoms with Crippen LogP contribution in [0.25, 0.3) is 0 Å². The lowest BCUT2D eigenvalue weighted by atomic mass is 10.2. The summed E-state index contributed by atoms with van der Waals surface area (Å²) in [6, 6.07) is 2.25. The minimum absolute atomic E-state index is 0.114. The average molecular weight is 162 g/mol. The summed E-state index contributed by atoms with van der Waals surface area (Å²) in [5, 5.41) is 0. The van der Waals surface area contributed by atoms with Crippen molar-refractivity contribution < 1.29 is 18.2 Å². The van der Waals surface area contributed by atoms with Crippen LogP contribution in [0.5, 0.6) is 5.75 Å². The number of hydrogen-bond donors (Lipinski definition) is 0. The predicted octanol–water partition coefficient (Wildman–Crippen LogP) is 2.54. The summed E-state index contributed by atoms with van der Waals surface area (Å²) in [6.45, 7) is 1.38.